The fourth-order valence-corrected chi connectivity index (χ4v) is 4.21. The molecule has 2 aromatic carbocycles. The van der Waals surface area contributed by atoms with Gasteiger partial charge in [0, 0.05) is 0 Å². The Kier molecular flexibility index (Phi) is 3.78. The summed E-state index contributed by atoms with van der Waals surface area (Å²) in [6, 6.07) is 18.3. The van der Waals surface area contributed by atoms with Crippen molar-refractivity contribution in [2.45, 2.75) is 25.7 Å². The van der Waals surface area contributed by atoms with E-state index in [1.165, 1.54) is 16.7 Å². The highest BCUT2D eigenvalue weighted by Gasteiger charge is 2.38. The first-order valence-corrected chi connectivity index (χ1v) is 8.23. The molecule has 106 valence electrons. The highest BCUT2D eigenvalue weighted by Crippen LogP contribution is 2.42. The molecule has 0 heterocycles. The molecule has 0 fully saturated rings. The Labute approximate surface area is 127 Å². The van der Waals surface area contributed by atoms with E-state index in [2.05, 4.69) is 32.1 Å². The van der Waals surface area contributed by atoms with Gasteiger partial charge in [-0.1, -0.05) is 66.2 Å². The van der Waals surface area contributed by atoms with Crippen LogP contribution in [0.25, 0.3) is 6.08 Å². The van der Waals surface area contributed by atoms with Gasteiger partial charge in [0.15, 0.2) is 5.52 Å². The van der Waals surface area contributed by atoms with E-state index >= 15 is 0 Å². The van der Waals surface area contributed by atoms with Crippen molar-refractivity contribution in [3.63, 3.8) is 0 Å². The van der Waals surface area contributed by atoms with Gasteiger partial charge in [0.1, 0.15) is 0 Å². The first kappa shape index (κ1) is 14.2. The van der Waals surface area contributed by atoms with E-state index in [0.717, 1.165) is 11.7 Å². The minimum atomic E-state index is -0.399. The van der Waals surface area contributed by atoms with E-state index in [1.807, 2.05) is 42.5 Å². The summed E-state index contributed by atoms with van der Waals surface area (Å²) in [4.78, 5) is 13.0. The fraction of sp³-hybridized carbons (Fsp3) is 0.211. The molecule has 0 aliphatic heterocycles. The lowest BCUT2D eigenvalue weighted by atomic mass is 9.72. The van der Waals surface area contributed by atoms with Gasteiger partial charge in [-0.25, -0.2) is 0 Å². The molecule has 0 radical (unpaired) electrons. The highest BCUT2D eigenvalue weighted by atomic mass is 31.1. The largest absolute Gasteiger partial charge is 0.294 e. The number of allylic oxidation sites excluding steroid dienone is 1. The Balaban J connectivity index is 1.97. The smallest absolute Gasteiger partial charge is 0.166 e. The van der Waals surface area contributed by atoms with E-state index < -0.39 is 5.41 Å². The molecule has 3 rings (SSSR count). The second kappa shape index (κ2) is 5.58. The summed E-state index contributed by atoms with van der Waals surface area (Å²) in [5.41, 5.74) is 3.57. The quantitative estimate of drug-likeness (QED) is 0.772. The van der Waals surface area contributed by atoms with Crippen molar-refractivity contribution in [2.24, 2.45) is 0 Å². The van der Waals surface area contributed by atoms with Crippen LogP contribution in [0.5, 0.6) is 0 Å². The molecule has 2 heteroatoms. The van der Waals surface area contributed by atoms with Gasteiger partial charge >= 0.3 is 0 Å². The topological polar surface area (TPSA) is 17.1 Å². The van der Waals surface area contributed by atoms with Crippen LogP contribution in [0.3, 0.4) is 0 Å². The van der Waals surface area contributed by atoms with Crippen LogP contribution in [0.15, 0.2) is 60.2 Å². The molecule has 1 aliphatic rings. The standard InChI is InChI=1S/C19H19OP/c1-14-12-15-8-6-7-11-17(15)19(2,13-14)18(20)21-16-9-4-3-5-10-16/h3-12,21H,13H2,1-2H3. The van der Waals surface area contributed by atoms with Crippen LogP contribution in [0, 0.1) is 0 Å². The number of hydrogen-bond donors (Lipinski definition) is 0. The van der Waals surface area contributed by atoms with E-state index in [4.69, 9.17) is 0 Å². The average Bonchev–Trinajstić information content (AvgIpc) is 2.48. The van der Waals surface area contributed by atoms with E-state index in [-0.39, 0.29) is 8.58 Å². The third-order valence-corrected chi connectivity index (χ3v) is 5.52. The number of benzene rings is 2. The number of carbonyl (C=O) groups excluding carboxylic acids is 1. The van der Waals surface area contributed by atoms with Gasteiger partial charge < -0.3 is 0 Å². The molecule has 0 spiro atoms. The van der Waals surface area contributed by atoms with E-state index in [9.17, 15) is 4.79 Å². The van der Waals surface area contributed by atoms with Crippen molar-refractivity contribution < 1.29 is 4.79 Å². The van der Waals surface area contributed by atoms with Crippen LogP contribution in [-0.2, 0) is 10.2 Å². The van der Waals surface area contributed by atoms with Gasteiger partial charge in [0.25, 0.3) is 0 Å². The normalized spacial score (nSPS) is 21.1. The molecular weight excluding hydrogens is 275 g/mol. The summed E-state index contributed by atoms with van der Waals surface area (Å²) in [7, 11) is 0.216. The lowest BCUT2D eigenvalue weighted by Crippen LogP contribution is -2.33. The molecule has 0 saturated heterocycles. The molecule has 0 saturated carbocycles. The summed E-state index contributed by atoms with van der Waals surface area (Å²) in [5, 5.41) is 1.12. The Hall–Kier alpha value is -1.72. The van der Waals surface area contributed by atoms with Crippen LogP contribution in [0.2, 0.25) is 0 Å². The van der Waals surface area contributed by atoms with Crippen molar-refractivity contribution in [2.75, 3.05) is 0 Å². The Morgan fingerprint density at radius 3 is 2.48 bits per heavy atom. The van der Waals surface area contributed by atoms with Crippen molar-refractivity contribution in [3.8, 4) is 0 Å². The average molecular weight is 294 g/mol. The Morgan fingerprint density at radius 2 is 1.71 bits per heavy atom. The van der Waals surface area contributed by atoms with Crippen LogP contribution in [0.4, 0.5) is 0 Å². The summed E-state index contributed by atoms with van der Waals surface area (Å²) in [6.07, 6.45) is 3.03. The predicted molar refractivity (Wildman–Crippen MR) is 91.5 cm³/mol. The van der Waals surface area contributed by atoms with Gasteiger partial charge in [-0.05, 0) is 45.3 Å². The molecule has 0 N–H and O–H groups in total. The third-order valence-electron chi connectivity index (χ3n) is 4.12. The lowest BCUT2D eigenvalue weighted by Gasteiger charge is -2.34. The zero-order valence-corrected chi connectivity index (χ0v) is 13.4. The Bertz CT molecular complexity index is 703. The van der Waals surface area contributed by atoms with Gasteiger partial charge in [-0.3, -0.25) is 4.79 Å². The van der Waals surface area contributed by atoms with Crippen LogP contribution < -0.4 is 5.30 Å². The van der Waals surface area contributed by atoms with E-state index in [0.29, 0.717) is 5.52 Å². The van der Waals surface area contributed by atoms with Crippen LogP contribution >= 0.6 is 8.58 Å². The number of hydrogen-bond acceptors (Lipinski definition) is 1. The highest BCUT2D eigenvalue weighted by molar-refractivity contribution is 7.65. The molecule has 2 aromatic rings. The minimum Gasteiger partial charge on any atom is -0.294 e. The maximum absolute atomic E-state index is 13.0. The summed E-state index contributed by atoms with van der Waals surface area (Å²) < 4.78 is 0. The molecule has 2 unspecified atom stereocenters. The van der Waals surface area contributed by atoms with Crippen molar-refractivity contribution in [1.82, 2.24) is 0 Å². The maximum Gasteiger partial charge on any atom is 0.166 e. The Morgan fingerprint density at radius 1 is 1.05 bits per heavy atom. The van der Waals surface area contributed by atoms with Gasteiger partial charge in [-0.15, -0.1) is 0 Å². The minimum absolute atomic E-state index is 0.216. The predicted octanol–water partition coefficient (Wildman–Crippen LogP) is 4.28. The van der Waals surface area contributed by atoms with E-state index in [1.54, 1.807) is 0 Å². The number of rotatable bonds is 3. The monoisotopic (exact) mass is 294 g/mol. The summed E-state index contributed by atoms with van der Waals surface area (Å²) in [5.74, 6) is 0. The molecule has 0 bridgehead atoms. The molecule has 1 aliphatic carbocycles. The first-order valence-electron chi connectivity index (χ1n) is 7.23. The zero-order chi connectivity index (χ0) is 14.9. The number of fused-ring (bicyclic) bond motifs is 1. The van der Waals surface area contributed by atoms with Gasteiger partial charge in [0.2, 0.25) is 0 Å². The molecule has 0 aromatic heterocycles. The molecule has 2 atom stereocenters. The maximum atomic E-state index is 13.0. The summed E-state index contributed by atoms with van der Waals surface area (Å²) in [6.45, 7) is 4.22. The summed E-state index contributed by atoms with van der Waals surface area (Å²) >= 11 is 0. The van der Waals surface area contributed by atoms with Crippen molar-refractivity contribution >= 4 is 25.5 Å². The van der Waals surface area contributed by atoms with Crippen LogP contribution in [0.1, 0.15) is 31.4 Å². The molecule has 21 heavy (non-hydrogen) atoms. The van der Waals surface area contributed by atoms with Gasteiger partial charge in [0.05, 0.1) is 5.41 Å². The zero-order valence-electron chi connectivity index (χ0n) is 12.4. The fourth-order valence-electron chi connectivity index (χ4n) is 3.09. The van der Waals surface area contributed by atoms with Gasteiger partial charge in [-0.2, -0.15) is 0 Å². The van der Waals surface area contributed by atoms with Crippen LogP contribution in [-0.4, -0.2) is 5.52 Å². The SMILES string of the molecule is CC1=Cc2ccccc2C(C)(C(=O)Pc2ccccc2)C1. The molecular formula is C19H19OP. The number of carbonyl (C=O) groups is 1. The van der Waals surface area contributed by atoms with Crippen molar-refractivity contribution in [3.05, 3.63) is 71.3 Å². The second-order valence-corrected chi connectivity index (χ2v) is 7.19. The lowest BCUT2D eigenvalue weighted by molar-refractivity contribution is -0.115. The first-order chi connectivity index (χ1) is 10.1. The van der Waals surface area contributed by atoms with Crippen molar-refractivity contribution in [1.29, 1.82) is 0 Å². The molecule has 1 nitrogen and oxygen atoms in total. The third kappa shape index (κ3) is 2.71. The second-order valence-electron chi connectivity index (χ2n) is 5.91. The molecule has 0 amide bonds.